The first-order valence-corrected chi connectivity index (χ1v) is 8.35. The quantitative estimate of drug-likeness (QED) is 0.852. The molecule has 4 rings (SSSR count). The molecule has 1 aromatic heterocycles. The summed E-state index contributed by atoms with van der Waals surface area (Å²) in [7, 11) is 0. The molecule has 1 unspecified atom stereocenters. The average molecular weight is 302 g/mol. The Morgan fingerprint density at radius 3 is 2.73 bits per heavy atom. The Kier molecular flexibility index (Phi) is 3.39. The second-order valence-corrected chi connectivity index (χ2v) is 6.68. The van der Waals surface area contributed by atoms with E-state index < -0.39 is 0 Å². The van der Waals surface area contributed by atoms with Crippen molar-refractivity contribution in [3.05, 3.63) is 12.4 Å². The van der Waals surface area contributed by atoms with Gasteiger partial charge >= 0.3 is 0 Å². The highest BCUT2D eigenvalue weighted by Gasteiger charge is 2.34. The maximum Gasteiger partial charge on any atom is 0.227 e. The van der Waals surface area contributed by atoms with Gasteiger partial charge in [-0.15, -0.1) is 0 Å². The minimum absolute atomic E-state index is 0.188. The van der Waals surface area contributed by atoms with Gasteiger partial charge in [-0.1, -0.05) is 6.42 Å². The third-order valence-electron chi connectivity index (χ3n) is 5.28. The van der Waals surface area contributed by atoms with Crippen LogP contribution in [0.15, 0.2) is 12.4 Å². The molecule has 6 heteroatoms. The van der Waals surface area contributed by atoms with Crippen LogP contribution in [0.2, 0.25) is 0 Å². The fourth-order valence-corrected chi connectivity index (χ4v) is 3.66. The van der Waals surface area contributed by atoms with E-state index in [9.17, 15) is 9.59 Å². The van der Waals surface area contributed by atoms with Gasteiger partial charge in [-0.2, -0.15) is 5.10 Å². The lowest BCUT2D eigenvalue weighted by Crippen LogP contribution is -2.37. The van der Waals surface area contributed by atoms with Crippen molar-refractivity contribution in [1.82, 2.24) is 14.7 Å². The van der Waals surface area contributed by atoms with Crippen LogP contribution in [0, 0.1) is 5.92 Å². The molecule has 1 aliphatic carbocycles. The summed E-state index contributed by atoms with van der Waals surface area (Å²) in [5, 5.41) is 4.43. The molecule has 0 radical (unpaired) electrons. The topological polar surface area (TPSA) is 58.4 Å². The number of hydrogen-bond donors (Lipinski definition) is 0. The average Bonchev–Trinajstić information content (AvgIpc) is 3.15. The molecule has 2 aliphatic heterocycles. The van der Waals surface area contributed by atoms with Crippen molar-refractivity contribution in [2.45, 2.75) is 44.6 Å². The van der Waals surface area contributed by atoms with Crippen molar-refractivity contribution in [1.29, 1.82) is 0 Å². The van der Waals surface area contributed by atoms with Gasteiger partial charge in [-0.3, -0.25) is 14.3 Å². The fraction of sp³-hybridized carbons (Fsp3) is 0.688. The number of hydrogen-bond acceptors (Lipinski definition) is 3. The standard InChI is InChI=1S/C16H22N4O2/c21-15-5-2-7-19(15)14-9-17-20(11-14)13-6-8-18(10-13)16(22)12-3-1-4-12/h9,11-13H,1-8,10H2. The molecule has 1 atom stereocenters. The first-order valence-electron chi connectivity index (χ1n) is 8.35. The van der Waals surface area contributed by atoms with Crippen molar-refractivity contribution in [2.75, 3.05) is 24.5 Å². The summed E-state index contributed by atoms with van der Waals surface area (Å²) >= 11 is 0. The van der Waals surface area contributed by atoms with E-state index in [0.29, 0.717) is 12.3 Å². The maximum absolute atomic E-state index is 12.3. The molecule has 0 bridgehead atoms. The first-order chi connectivity index (χ1) is 10.7. The van der Waals surface area contributed by atoms with Gasteiger partial charge in [0.05, 0.1) is 17.9 Å². The molecule has 118 valence electrons. The normalized spacial score (nSPS) is 25.8. The Morgan fingerprint density at radius 1 is 1.18 bits per heavy atom. The minimum Gasteiger partial charge on any atom is -0.340 e. The second-order valence-electron chi connectivity index (χ2n) is 6.68. The Hall–Kier alpha value is -1.85. The van der Waals surface area contributed by atoms with Crippen molar-refractivity contribution in [3.63, 3.8) is 0 Å². The van der Waals surface area contributed by atoms with E-state index in [4.69, 9.17) is 0 Å². The van der Waals surface area contributed by atoms with E-state index in [1.165, 1.54) is 6.42 Å². The lowest BCUT2D eigenvalue weighted by Gasteiger charge is -2.29. The van der Waals surface area contributed by atoms with Crippen molar-refractivity contribution >= 4 is 17.5 Å². The van der Waals surface area contributed by atoms with Crippen LogP contribution in [0.5, 0.6) is 0 Å². The smallest absolute Gasteiger partial charge is 0.227 e. The van der Waals surface area contributed by atoms with Gasteiger partial charge < -0.3 is 9.80 Å². The molecule has 0 N–H and O–H groups in total. The largest absolute Gasteiger partial charge is 0.340 e. The van der Waals surface area contributed by atoms with Crippen LogP contribution in [0.1, 0.15) is 44.6 Å². The molecule has 1 aromatic rings. The van der Waals surface area contributed by atoms with Gasteiger partial charge in [-0.05, 0) is 25.7 Å². The summed E-state index contributed by atoms with van der Waals surface area (Å²) in [4.78, 5) is 27.9. The lowest BCUT2D eigenvalue weighted by atomic mass is 9.84. The second kappa shape index (κ2) is 5.41. The number of amides is 2. The summed E-state index contributed by atoms with van der Waals surface area (Å²) < 4.78 is 1.94. The van der Waals surface area contributed by atoms with Gasteiger partial charge in [0.15, 0.2) is 0 Å². The molecule has 3 aliphatic rings. The molecule has 6 nitrogen and oxygen atoms in total. The van der Waals surface area contributed by atoms with Crippen LogP contribution in [0.4, 0.5) is 5.69 Å². The monoisotopic (exact) mass is 302 g/mol. The highest BCUT2D eigenvalue weighted by molar-refractivity contribution is 5.95. The Morgan fingerprint density at radius 2 is 2.05 bits per heavy atom. The third kappa shape index (κ3) is 2.30. The van der Waals surface area contributed by atoms with Crippen LogP contribution >= 0.6 is 0 Å². The first kappa shape index (κ1) is 13.8. The van der Waals surface area contributed by atoms with E-state index in [-0.39, 0.29) is 17.9 Å². The Labute approximate surface area is 130 Å². The predicted molar refractivity (Wildman–Crippen MR) is 81.4 cm³/mol. The van der Waals surface area contributed by atoms with Gasteiger partial charge in [0.25, 0.3) is 0 Å². The highest BCUT2D eigenvalue weighted by Crippen LogP contribution is 2.32. The van der Waals surface area contributed by atoms with E-state index in [1.807, 2.05) is 20.7 Å². The molecule has 3 fully saturated rings. The number of anilines is 1. The van der Waals surface area contributed by atoms with Crippen LogP contribution < -0.4 is 4.90 Å². The zero-order valence-corrected chi connectivity index (χ0v) is 12.8. The highest BCUT2D eigenvalue weighted by atomic mass is 16.2. The van der Waals surface area contributed by atoms with Crippen molar-refractivity contribution in [3.8, 4) is 0 Å². The summed E-state index contributed by atoms with van der Waals surface area (Å²) in [5.74, 6) is 0.790. The zero-order valence-electron chi connectivity index (χ0n) is 12.8. The number of aromatic nitrogens is 2. The van der Waals surface area contributed by atoms with Gasteiger partial charge in [-0.25, -0.2) is 0 Å². The Balaban J connectivity index is 1.41. The SMILES string of the molecule is O=C(C1CCC1)N1CCC(n2cc(N3CCCC3=O)cn2)C1. The van der Waals surface area contributed by atoms with Crippen LogP contribution in [-0.4, -0.2) is 46.1 Å². The molecule has 22 heavy (non-hydrogen) atoms. The van der Waals surface area contributed by atoms with Gasteiger partial charge in [0.1, 0.15) is 0 Å². The van der Waals surface area contributed by atoms with Crippen molar-refractivity contribution < 1.29 is 9.59 Å². The van der Waals surface area contributed by atoms with Crippen molar-refractivity contribution in [2.24, 2.45) is 5.92 Å². The predicted octanol–water partition coefficient (Wildman–Crippen LogP) is 1.58. The van der Waals surface area contributed by atoms with Gasteiger partial charge in [0, 0.05) is 38.2 Å². The van der Waals surface area contributed by atoms with Gasteiger partial charge in [0.2, 0.25) is 11.8 Å². The molecule has 1 saturated carbocycles. The third-order valence-corrected chi connectivity index (χ3v) is 5.28. The molecule has 0 spiro atoms. The molecule has 0 aromatic carbocycles. The van der Waals surface area contributed by atoms with Crippen LogP contribution in [0.25, 0.3) is 0 Å². The van der Waals surface area contributed by atoms with Crippen LogP contribution in [0.3, 0.4) is 0 Å². The summed E-state index contributed by atoms with van der Waals surface area (Å²) in [6, 6.07) is 0.246. The molecule has 3 heterocycles. The fourth-order valence-electron chi connectivity index (χ4n) is 3.66. The summed E-state index contributed by atoms with van der Waals surface area (Å²) in [6.45, 7) is 2.38. The minimum atomic E-state index is 0.188. The van der Waals surface area contributed by atoms with E-state index >= 15 is 0 Å². The van der Waals surface area contributed by atoms with E-state index in [0.717, 1.165) is 51.0 Å². The number of rotatable bonds is 3. The summed E-state index contributed by atoms with van der Waals surface area (Å²) in [5.41, 5.74) is 0.895. The number of nitrogens with zero attached hydrogens (tertiary/aromatic N) is 4. The van der Waals surface area contributed by atoms with E-state index in [2.05, 4.69) is 5.10 Å². The maximum atomic E-state index is 12.3. The number of likely N-dealkylation sites (tertiary alicyclic amines) is 1. The summed E-state index contributed by atoms with van der Waals surface area (Å²) in [6.07, 6.45) is 9.57. The number of carbonyl (C=O) groups excluding carboxylic acids is 2. The molecular formula is C16H22N4O2. The molecule has 2 saturated heterocycles. The Bertz CT molecular complexity index is 593. The lowest BCUT2D eigenvalue weighted by molar-refractivity contribution is -0.137. The number of carbonyl (C=O) groups is 2. The van der Waals surface area contributed by atoms with E-state index in [1.54, 1.807) is 6.20 Å². The zero-order chi connectivity index (χ0) is 15.1. The van der Waals surface area contributed by atoms with Crippen LogP contribution in [-0.2, 0) is 9.59 Å². The molecular weight excluding hydrogens is 280 g/mol. The molecule has 2 amide bonds.